The van der Waals surface area contributed by atoms with Crippen molar-refractivity contribution in [1.29, 1.82) is 0 Å². The van der Waals surface area contributed by atoms with E-state index < -0.39 is 0 Å². The molecule has 4 heterocycles. The minimum atomic E-state index is 0.280. The lowest BCUT2D eigenvalue weighted by molar-refractivity contribution is 0.394. The van der Waals surface area contributed by atoms with Crippen molar-refractivity contribution in [1.82, 2.24) is 20.6 Å². The number of thiocarbonyl (C=S) groups is 1. The molecule has 0 radical (unpaired) electrons. The molecule has 4 rings (SSSR count). The van der Waals surface area contributed by atoms with Crippen LogP contribution in [0.1, 0.15) is 37.3 Å². The molecule has 1 aromatic heterocycles. The zero-order valence-electron chi connectivity index (χ0n) is 14.1. The molecule has 6 nitrogen and oxygen atoms in total. The molecule has 130 valence electrons. The Kier molecular flexibility index (Phi) is 4.85. The summed E-state index contributed by atoms with van der Waals surface area (Å²) < 4.78 is 0. The van der Waals surface area contributed by atoms with Crippen molar-refractivity contribution in [2.24, 2.45) is 10.1 Å². The molecule has 2 fully saturated rings. The maximum absolute atomic E-state index is 5.62. The van der Waals surface area contributed by atoms with Crippen LogP contribution >= 0.6 is 12.2 Å². The highest BCUT2D eigenvalue weighted by molar-refractivity contribution is 7.80. The lowest BCUT2D eigenvalue weighted by Gasteiger charge is -2.29. The van der Waals surface area contributed by atoms with E-state index in [-0.39, 0.29) is 12.1 Å². The Bertz CT molecular complexity index is 726. The van der Waals surface area contributed by atoms with Gasteiger partial charge in [-0.05, 0) is 43.1 Å². The lowest BCUT2D eigenvalue weighted by atomic mass is 9.96. The van der Waals surface area contributed by atoms with Gasteiger partial charge in [-0.25, -0.2) is 0 Å². The molecule has 0 bridgehead atoms. The second kappa shape index (κ2) is 7.41. The molecular formula is C18H22N6S. The predicted molar refractivity (Wildman–Crippen MR) is 104 cm³/mol. The van der Waals surface area contributed by atoms with Gasteiger partial charge in [-0.3, -0.25) is 15.4 Å². The summed E-state index contributed by atoms with van der Waals surface area (Å²) in [6.07, 6.45) is 11.7. The van der Waals surface area contributed by atoms with Gasteiger partial charge >= 0.3 is 0 Å². The van der Waals surface area contributed by atoms with E-state index in [9.17, 15) is 0 Å². The number of likely N-dealkylation sites (tertiary alicyclic amines) is 1. The number of piperidine rings is 1. The number of hydrogen-bond donors (Lipinski definition) is 2. The molecule has 0 aliphatic carbocycles. The number of pyridine rings is 1. The summed E-state index contributed by atoms with van der Waals surface area (Å²) in [5, 5.41) is 8.77. The lowest BCUT2D eigenvalue weighted by Crippen LogP contribution is -2.48. The van der Waals surface area contributed by atoms with Gasteiger partial charge in [-0.15, -0.1) is 0 Å². The third kappa shape index (κ3) is 3.48. The first kappa shape index (κ1) is 16.4. The summed E-state index contributed by atoms with van der Waals surface area (Å²) >= 11 is 5.62. The Hall–Kier alpha value is -2.12. The largest absolute Gasteiger partial charge is 0.341 e. The van der Waals surface area contributed by atoms with E-state index >= 15 is 0 Å². The molecule has 2 saturated heterocycles. The van der Waals surface area contributed by atoms with Crippen LogP contribution in [0.5, 0.6) is 0 Å². The van der Waals surface area contributed by atoms with Crippen molar-refractivity contribution in [2.45, 2.75) is 37.8 Å². The summed E-state index contributed by atoms with van der Waals surface area (Å²) in [7, 11) is 0. The normalized spacial score (nSPS) is 27.1. The fraction of sp³-hybridized carbons (Fsp3) is 0.444. The smallest absolute Gasteiger partial charge is 0.190 e. The van der Waals surface area contributed by atoms with E-state index in [2.05, 4.69) is 42.9 Å². The number of aromatic nitrogens is 1. The molecule has 0 spiro atoms. The monoisotopic (exact) mass is 354 g/mol. The third-order valence-electron chi connectivity index (χ3n) is 4.94. The van der Waals surface area contributed by atoms with Crippen LogP contribution in [0, 0.1) is 0 Å². The molecular weight excluding hydrogens is 332 g/mol. The SMILES string of the molecule is S=C(N/N=C1/CCNC2CC=CN=C12)N1CCCC1c1cccnc1. The minimum absolute atomic E-state index is 0.280. The maximum Gasteiger partial charge on any atom is 0.190 e. The van der Waals surface area contributed by atoms with Crippen LogP contribution < -0.4 is 10.7 Å². The number of aliphatic imine (C=N–C) groups is 1. The summed E-state index contributed by atoms with van der Waals surface area (Å²) in [6, 6.07) is 4.66. The van der Waals surface area contributed by atoms with Crippen molar-refractivity contribution >= 4 is 28.8 Å². The summed E-state index contributed by atoms with van der Waals surface area (Å²) in [4.78, 5) is 11.0. The molecule has 0 saturated carbocycles. The number of hydrazone groups is 1. The minimum Gasteiger partial charge on any atom is -0.341 e. The van der Waals surface area contributed by atoms with Gasteiger partial charge in [-0.2, -0.15) is 5.10 Å². The fourth-order valence-corrected chi connectivity index (χ4v) is 3.97. The first-order valence-corrected chi connectivity index (χ1v) is 9.23. The van der Waals surface area contributed by atoms with Crippen LogP contribution in [0.4, 0.5) is 0 Å². The Labute approximate surface area is 153 Å². The summed E-state index contributed by atoms with van der Waals surface area (Å²) in [5.41, 5.74) is 6.37. The van der Waals surface area contributed by atoms with Gasteiger partial charge in [0.15, 0.2) is 5.11 Å². The first-order chi connectivity index (χ1) is 12.3. The Morgan fingerprint density at radius 2 is 2.40 bits per heavy atom. The molecule has 2 atom stereocenters. The van der Waals surface area contributed by atoms with Gasteiger partial charge < -0.3 is 10.2 Å². The number of nitrogens with one attached hydrogen (secondary N) is 2. The first-order valence-electron chi connectivity index (χ1n) is 8.82. The van der Waals surface area contributed by atoms with E-state index in [0.29, 0.717) is 5.11 Å². The highest BCUT2D eigenvalue weighted by Gasteiger charge is 2.29. The Morgan fingerprint density at radius 1 is 1.44 bits per heavy atom. The van der Waals surface area contributed by atoms with E-state index in [4.69, 9.17) is 12.2 Å². The average molecular weight is 354 g/mol. The standard InChI is InChI=1S/C18H22N6S/c25-18(24-11-3-6-16(24)13-4-1-8-19-12-13)23-22-15-7-10-20-14-5-2-9-21-17(14)15/h1-2,4,8-9,12,14,16,20H,3,5-7,10-11H2,(H,23,25)/b22-15-. The molecule has 25 heavy (non-hydrogen) atoms. The van der Waals surface area contributed by atoms with Gasteiger partial charge in [0.1, 0.15) is 0 Å². The fourth-order valence-electron chi connectivity index (χ4n) is 3.70. The zero-order chi connectivity index (χ0) is 17.1. The average Bonchev–Trinajstić information content (AvgIpc) is 3.17. The van der Waals surface area contributed by atoms with Crippen molar-refractivity contribution in [3.63, 3.8) is 0 Å². The highest BCUT2D eigenvalue weighted by atomic mass is 32.1. The highest BCUT2D eigenvalue weighted by Crippen LogP contribution is 2.31. The molecule has 0 amide bonds. The second-order valence-electron chi connectivity index (χ2n) is 6.50. The van der Waals surface area contributed by atoms with Crippen molar-refractivity contribution in [3.05, 3.63) is 42.4 Å². The third-order valence-corrected chi connectivity index (χ3v) is 5.26. The van der Waals surface area contributed by atoms with Crippen molar-refractivity contribution in [3.8, 4) is 0 Å². The van der Waals surface area contributed by atoms with Crippen molar-refractivity contribution < 1.29 is 0 Å². The molecule has 2 N–H and O–H groups in total. The zero-order valence-corrected chi connectivity index (χ0v) is 14.9. The number of hydrogen-bond acceptors (Lipinski definition) is 5. The Balaban J connectivity index is 1.46. The van der Waals surface area contributed by atoms with Crippen LogP contribution in [0.15, 0.2) is 46.9 Å². The maximum atomic E-state index is 5.62. The van der Waals surface area contributed by atoms with Gasteiger partial charge in [0, 0.05) is 38.1 Å². The summed E-state index contributed by atoms with van der Waals surface area (Å²) in [5.74, 6) is 0. The number of nitrogens with zero attached hydrogens (tertiary/aromatic N) is 4. The van der Waals surface area contributed by atoms with Crippen LogP contribution in [0.3, 0.4) is 0 Å². The van der Waals surface area contributed by atoms with E-state index in [1.54, 1.807) is 6.20 Å². The van der Waals surface area contributed by atoms with Gasteiger partial charge in [0.25, 0.3) is 0 Å². The quantitative estimate of drug-likeness (QED) is 0.629. The molecule has 2 unspecified atom stereocenters. The number of fused-ring (bicyclic) bond motifs is 1. The molecule has 0 aromatic carbocycles. The Morgan fingerprint density at radius 3 is 3.28 bits per heavy atom. The van der Waals surface area contributed by atoms with Gasteiger partial charge in [0.05, 0.1) is 23.5 Å². The van der Waals surface area contributed by atoms with E-state index in [1.807, 2.05) is 18.5 Å². The molecule has 3 aliphatic heterocycles. The molecule has 3 aliphatic rings. The van der Waals surface area contributed by atoms with Gasteiger partial charge in [0.2, 0.25) is 0 Å². The van der Waals surface area contributed by atoms with Crippen molar-refractivity contribution in [2.75, 3.05) is 13.1 Å². The number of rotatable bonds is 2. The topological polar surface area (TPSA) is 64.9 Å². The van der Waals surface area contributed by atoms with E-state index in [1.165, 1.54) is 5.56 Å². The van der Waals surface area contributed by atoms with Crippen LogP contribution in [0.2, 0.25) is 0 Å². The molecule has 1 aromatic rings. The van der Waals surface area contributed by atoms with Gasteiger partial charge in [-0.1, -0.05) is 12.1 Å². The predicted octanol–water partition coefficient (Wildman–Crippen LogP) is 2.17. The van der Waals surface area contributed by atoms with E-state index in [0.717, 1.165) is 50.2 Å². The summed E-state index contributed by atoms with van der Waals surface area (Å²) in [6.45, 7) is 1.87. The molecule has 7 heteroatoms. The van der Waals surface area contributed by atoms with Crippen LogP contribution in [0.25, 0.3) is 0 Å². The second-order valence-corrected chi connectivity index (χ2v) is 6.89. The van der Waals surface area contributed by atoms with Crippen LogP contribution in [-0.2, 0) is 0 Å². The van der Waals surface area contributed by atoms with Crippen LogP contribution in [-0.4, -0.2) is 45.6 Å².